The molecule has 2 rings (SSSR count). The minimum Gasteiger partial charge on any atom is -0.436 e. The number of aromatic nitrogens is 2. The van der Waals surface area contributed by atoms with Gasteiger partial charge in [0.15, 0.2) is 0 Å². The Labute approximate surface area is 99.4 Å². The number of nitrogens with zero attached hydrogens (tertiary/aromatic N) is 2. The van der Waals surface area contributed by atoms with Crippen molar-refractivity contribution in [1.29, 1.82) is 0 Å². The average molecular weight is 284 g/mol. The van der Waals surface area contributed by atoms with E-state index in [1.807, 2.05) is 0 Å². The molecule has 0 saturated carbocycles. The summed E-state index contributed by atoms with van der Waals surface area (Å²) < 4.78 is 18.7. The molecule has 4 nitrogen and oxygen atoms in total. The largest absolute Gasteiger partial charge is 0.436 e. The Morgan fingerprint density at radius 2 is 2.06 bits per heavy atom. The SMILES string of the molecule is Nc1cnc(Oc2ccc(F)cc2Br)cn1. The first-order valence-corrected chi connectivity index (χ1v) is 5.15. The molecule has 16 heavy (non-hydrogen) atoms. The minimum atomic E-state index is -0.345. The van der Waals surface area contributed by atoms with Crippen LogP contribution in [0.5, 0.6) is 11.6 Å². The summed E-state index contributed by atoms with van der Waals surface area (Å²) in [5.74, 6) is 0.718. The fourth-order valence-corrected chi connectivity index (χ4v) is 1.48. The Hall–Kier alpha value is -1.69. The van der Waals surface area contributed by atoms with Gasteiger partial charge < -0.3 is 10.5 Å². The van der Waals surface area contributed by atoms with E-state index in [2.05, 4.69) is 25.9 Å². The topological polar surface area (TPSA) is 61.0 Å². The second kappa shape index (κ2) is 4.44. The standard InChI is InChI=1S/C10H7BrFN3O/c11-7-3-6(12)1-2-8(7)16-10-5-14-9(13)4-15-10/h1-5H,(H2,13,14). The van der Waals surface area contributed by atoms with E-state index in [1.165, 1.54) is 30.6 Å². The van der Waals surface area contributed by atoms with Crippen molar-refractivity contribution in [2.75, 3.05) is 5.73 Å². The van der Waals surface area contributed by atoms with Crippen molar-refractivity contribution < 1.29 is 9.13 Å². The molecular weight excluding hydrogens is 277 g/mol. The van der Waals surface area contributed by atoms with Crippen LogP contribution in [0.4, 0.5) is 10.2 Å². The Balaban J connectivity index is 2.23. The van der Waals surface area contributed by atoms with Gasteiger partial charge in [-0.15, -0.1) is 0 Å². The molecule has 82 valence electrons. The second-order valence-corrected chi connectivity index (χ2v) is 3.81. The van der Waals surface area contributed by atoms with Crippen LogP contribution in [-0.2, 0) is 0 Å². The number of anilines is 1. The van der Waals surface area contributed by atoms with Gasteiger partial charge in [-0.05, 0) is 34.1 Å². The van der Waals surface area contributed by atoms with Crippen molar-refractivity contribution in [2.24, 2.45) is 0 Å². The maximum atomic E-state index is 12.8. The molecule has 0 bridgehead atoms. The van der Waals surface area contributed by atoms with Crippen molar-refractivity contribution in [3.8, 4) is 11.6 Å². The first-order valence-electron chi connectivity index (χ1n) is 4.35. The van der Waals surface area contributed by atoms with Gasteiger partial charge in [0, 0.05) is 0 Å². The Bertz CT molecular complexity index is 504. The van der Waals surface area contributed by atoms with Gasteiger partial charge in [-0.1, -0.05) is 0 Å². The summed E-state index contributed by atoms with van der Waals surface area (Å²) in [5, 5.41) is 0. The third-order valence-corrected chi connectivity index (χ3v) is 2.38. The highest BCUT2D eigenvalue weighted by molar-refractivity contribution is 9.10. The lowest BCUT2D eigenvalue weighted by molar-refractivity contribution is 0.456. The van der Waals surface area contributed by atoms with Crippen molar-refractivity contribution in [3.63, 3.8) is 0 Å². The summed E-state index contributed by atoms with van der Waals surface area (Å²) in [6.07, 6.45) is 2.78. The van der Waals surface area contributed by atoms with E-state index in [0.29, 0.717) is 21.9 Å². The van der Waals surface area contributed by atoms with E-state index in [9.17, 15) is 4.39 Å². The van der Waals surface area contributed by atoms with Crippen molar-refractivity contribution >= 4 is 21.7 Å². The molecular formula is C10H7BrFN3O. The molecule has 0 atom stereocenters. The number of hydrogen-bond donors (Lipinski definition) is 1. The van der Waals surface area contributed by atoms with E-state index < -0.39 is 0 Å². The summed E-state index contributed by atoms with van der Waals surface area (Å²) in [7, 11) is 0. The number of benzene rings is 1. The van der Waals surface area contributed by atoms with Gasteiger partial charge in [-0.3, -0.25) is 0 Å². The lowest BCUT2D eigenvalue weighted by Gasteiger charge is -2.06. The summed E-state index contributed by atoms with van der Waals surface area (Å²) in [5.41, 5.74) is 5.38. The number of nitrogen functional groups attached to an aromatic ring is 1. The molecule has 6 heteroatoms. The van der Waals surface area contributed by atoms with E-state index in [-0.39, 0.29) is 5.82 Å². The highest BCUT2D eigenvalue weighted by Crippen LogP contribution is 2.28. The average Bonchev–Trinajstić information content (AvgIpc) is 2.25. The number of ether oxygens (including phenoxy) is 1. The van der Waals surface area contributed by atoms with Crippen LogP contribution in [-0.4, -0.2) is 9.97 Å². The Morgan fingerprint density at radius 1 is 1.25 bits per heavy atom. The van der Waals surface area contributed by atoms with Crippen LogP contribution in [0.25, 0.3) is 0 Å². The monoisotopic (exact) mass is 283 g/mol. The molecule has 1 aromatic heterocycles. The van der Waals surface area contributed by atoms with Crippen molar-refractivity contribution in [3.05, 3.63) is 40.9 Å². The molecule has 2 N–H and O–H groups in total. The van der Waals surface area contributed by atoms with Gasteiger partial charge in [0.2, 0.25) is 5.88 Å². The van der Waals surface area contributed by atoms with Crippen LogP contribution in [0.2, 0.25) is 0 Å². The molecule has 0 saturated heterocycles. The molecule has 0 aliphatic heterocycles. The fourth-order valence-electron chi connectivity index (χ4n) is 1.05. The predicted octanol–water partition coefficient (Wildman–Crippen LogP) is 2.75. The molecule has 0 spiro atoms. The minimum absolute atomic E-state index is 0.293. The van der Waals surface area contributed by atoms with Crippen LogP contribution in [0.3, 0.4) is 0 Å². The van der Waals surface area contributed by atoms with Gasteiger partial charge in [0.25, 0.3) is 0 Å². The number of nitrogens with two attached hydrogens (primary N) is 1. The number of rotatable bonds is 2. The number of halogens is 2. The molecule has 2 aromatic rings. The zero-order chi connectivity index (χ0) is 11.5. The highest BCUT2D eigenvalue weighted by atomic mass is 79.9. The smallest absolute Gasteiger partial charge is 0.238 e. The molecule has 1 aromatic carbocycles. The zero-order valence-corrected chi connectivity index (χ0v) is 9.61. The van der Waals surface area contributed by atoms with Crippen LogP contribution in [0, 0.1) is 5.82 Å². The Kier molecular flexibility index (Phi) is 3.00. The maximum absolute atomic E-state index is 12.8. The molecule has 0 unspecified atom stereocenters. The van der Waals surface area contributed by atoms with Gasteiger partial charge in [0.1, 0.15) is 17.4 Å². The summed E-state index contributed by atoms with van der Waals surface area (Å²) in [6, 6.07) is 4.10. The lowest BCUT2D eigenvalue weighted by Crippen LogP contribution is -1.94. The molecule has 0 aliphatic carbocycles. The quantitative estimate of drug-likeness (QED) is 0.921. The van der Waals surface area contributed by atoms with Gasteiger partial charge in [-0.25, -0.2) is 14.4 Å². The molecule has 0 amide bonds. The second-order valence-electron chi connectivity index (χ2n) is 2.96. The first kappa shape index (κ1) is 10.8. The normalized spacial score (nSPS) is 10.1. The maximum Gasteiger partial charge on any atom is 0.238 e. The molecule has 0 aliphatic rings. The first-order chi connectivity index (χ1) is 7.65. The summed E-state index contributed by atoms with van der Waals surface area (Å²) in [4.78, 5) is 7.74. The van der Waals surface area contributed by atoms with Crippen LogP contribution in [0.15, 0.2) is 35.1 Å². The van der Waals surface area contributed by atoms with Crippen molar-refractivity contribution in [1.82, 2.24) is 9.97 Å². The van der Waals surface area contributed by atoms with Crippen LogP contribution >= 0.6 is 15.9 Å². The Morgan fingerprint density at radius 3 is 2.69 bits per heavy atom. The lowest BCUT2D eigenvalue weighted by atomic mass is 10.3. The van der Waals surface area contributed by atoms with E-state index >= 15 is 0 Å². The molecule has 0 radical (unpaired) electrons. The van der Waals surface area contributed by atoms with E-state index in [1.54, 1.807) is 0 Å². The van der Waals surface area contributed by atoms with E-state index in [4.69, 9.17) is 10.5 Å². The summed E-state index contributed by atoms with van der Waals surface area (Å²) >= 11 is 3.18. The van der Waals surface area contributed by atoms with Gasteiger partial charge in [0.05, 0.1) is 16.9 Å². The van der Waals surface area contributed by atoms with E-state index in [0.717, 1.165) is 0 Å². The zero-order valence-electron chi connectivity index (χ0n) is 8.02. The molecule has 0 fully saturated rings. The fraction of sp³-hybridized carbons (Fsp3) is 0. The van der Waals surface area contributed by atoms with Crippen molar-refractivity contribution in [2.45, 2.75) is 0 Å². The third kappa shape index (κ3) is 2.46. The molecule has 1 heterocycles. The summed E-state index contributed by atoms with van der Waals surface area (Å²) in [6.45, 7) is 0. The number of hydrogen-bond acceptors (Lipinski definition) is 4. The highest BCUT2D eigenvalue weighted by Gasteiger charge is 2.05. The van der Waals surface area contributed by atoms with Gasteiger partial charge >= 0.3 is 0 Å². The third-order valence-electron chi connectivity index (χ3n) is 1.76. The van der Waals surface area contributed by atoms with Gasteiger partial charge in [-0.2, -0.15) is 0 Å². The van der Waals surface area contributed by atoms with Crippen LogP contribution in [0.1, 0.15) is 0 Å². The predicted molar refractivity (Wildman–Crippen MR) is 60.6 cm³/mol. The van der Waals surface area contributed by atoms with Crippen LogP contribution < -0.4 is 10.5 Å².